The average Bonchev–Trinajstić information content (AvgIpc) is 2.94. The van der Waals surface area contributed by atoms with E-state index in [2.05, 4.69) is 17.2 Å². The number of hydrogen-bond donors (Lipinski definition) is 1. The fourth-order valence-corrected chi connectivity index (χ4v) is 2.25. The molecule has 2 rings (SSSR count). The molecule has 0 atom stereocenters. The van der Waals surface area contributed by atoms with Crippen LogP contribution >= 0.6 is 11.3 Å². The lowest BCUT2D eigenvalue weighted by Crippen LogP contribution is -2.12. The molecule has 0 aliphatic heterocycles. The lowest BCUT2D eigenvalue weighted by Gasteiger charge is -1.99. The Morgan fingerprint density at radius 1 is 1.56 bits per heavy atom. The number of oxazole rings is 1. The van der Waals surface area contributed by atoms with Crippen molar-refractivity contribution in [3.63, 3.8) is 0 Å². The molecule has 0 radical (unpaired) electrons. The summed E-state index contributed by atoms with van der Waals surface area (Å²) in [5.41, 5.74) is 0.936. The molecule has 2 heterocycles. The first-order valence-corrected chi connectivity index (χ1v) is 5.99. The minimum atomic E-state index is 0.725. The molecule has 0 amide bonds. The Bertz CT molecular complexity index is 450. The molecule has 0 aromatic carbocycles. The zero-order valence-electron chi connectivity index (χ0n) is 9.32. The van der Waals surface area contributed by atoms with Crippen LogP contribution in [-0.2, 0) is 6.54 Å². The van der Waals surface area contributed by atoms with Crippen molar-refractivity contribution in [3.05, 3.63) is 23.5 Å². The molecule has 0 fully saturated rings. The van der Waals surface area contributed by atoms with Crippen LogP contribution in [0.5, 0.6) is 5.75 Å². The topological polar surface area (TPSA) is 47.3 Å². The number of hydrogen-bond acceptors (Lipinski definition) is 5. The van der Waals surface area contributed by atoms with Crippen LogP contribution in [0.1, 0.15) is 12.6 Å². The molecule has 0 saturated heterocycles. The van der Waals surface area contributed by atoms with Gasteiger partial charge in [0, 0.05) is 18.0 Å². The van der Waals surface area contributed by atoms with E-state index in [-0.39, 0.29) is 0 Å². The maximum atomic E-state index is 5.41. The molecule has 0 bridgehead atoms. The molecule has 5 heteroatoms. The summed E-state index contributed by atoms with van der Waals surface area (Å²) in [6, 6.07) is 1.96. The summed E-state index contributed by atoms with van der Waals surface area (Å²) in [6.07, 6.45) is 1.48. The summed E-state index contributed by atoms with van der Waals surface area (Å²) in [4.78, 5) is 5.25. The lowest BCUT2D eigenvalue weighted by atomic mass is 10.3. The van der Waals surface area contributed by atoms with Crippen molar-refractivity contribution < 1.29 is 9.15 Å². The Labute approximate surface area is 98.3 Å². The number of methoxy groups -OCH3 is 1. The van der Waals surface area contributed by atoms with Crippen molar-refractivity contribution >= 4 is 11.3 Å². The van der Waals surface area contributed by atoms with Crippen LogP contribution in [0.3, 0.4) is 0 Å². The minimum absolute atomic E-state index is 0.725. The summed E-state index contributed by atoms with van der Waals surface area (Å²) in [5, 5.41) is 5.19. The molecule has 16 heavy (non-hydrogen) atoms. The second kappa shape index (κ2) is 5.14. The first kappa shape index (κ1) is 11.2. The van der Waals surface area contributed by atoms with E-state index in [1.807, 2.05) is 11.4 Å². The first-order valence-electron chi connectivity index (χ1n) is 5.11. The van der Waals surface area contributed by atoms with Gasteiger partial charge in [-0.25, -0.2) is 4.98 Å². The van der Waals surface area contributed by atoms with Crippen LogP contribution in [0.15, 0.2) is 22.3 Å². The quantitative estimate of drug-likeness (QED) is 0.869. The molecule has 0 unspecified atom stereocenters. The van der Waals surface area contributed by atoms with Gasteiger partial charge in [0.2, 0.25) is 0 Å². The fourth-order valence-electron chi connectivity index (χ4n) is 1.38. The molecule has 2 aromatic heterocycles. The molecular weight excluding hydrogens is 224 g/mol. The SMILES string of the molecule is CCNCc1ncoc1-c1cc(OC)cs1. The van der Waals surface area contributed by atoms with Crippen LogP contribution in [0, 0.1) is 0 Å². The lowest BCUT2D eigenvalue weighted by molar-refractivity contribution is 0.416. The standard InChI is InChI=1S/C11H14N2O2S/c1-3-12-5-9-11(15-7-13-9)10-4-8(14-2)6-16-10/h4,6-7,12H,3,5H2,1-2H3. The van der Waals surface area contributed by atoms with E-state index in [0.717, 1.165) is 35.2 Å². The third-order valence-corrected chi connectivity index (χ3v) is 3.13. The van der Waals surface area contributed by atoms with Crippen molar-refractivity contribution in [2.24, 2.45) is 0 Å². The first-order chi connectivity index (χ1) is 7.85. The zero-order chi connectivity index (χ0) is 11.4. The molecule has 2 aromatic rings. The van der Waals surface area contributed by atoms with Gasteiger partial charge in [0.1, 0.15) is 11.4 Å². The highest BCUT2D eigenvalue weighted by Crippen LogP contribution is 2.32. The van der Waals surface area contributed by atoms with E-state index in [0.29, 0.717) is 0 Å². The summed E-state index contributed by atoms with van der Waals surface area (Å²) in [6.45, 7) is 3.70. The van der Waals surface area contributed by atoms with Crippen molar-refractivity contribution in [1.29, 1.82) is 0 Å². The van der Waals surface area contributed by atoms with Crippen molar-refractivity contribution in [1.82, 2.24) is 10.3 Å². The van der Waals surface area contributed by atoms with Crippen LogP contribution in [-0.4, -0.2) is 18.6 Å². The molecule has 4 nitrogen and oxygen atoms in total. The predicted molar refractivity (Wildman–Crippen MR) is 63.7 cm³/mol. The second-order valence-electron chi connectivity index (χ2n) is 3.26. The molecule has 1 N–H and O–H groups in total. The Morgan fingerprint density at radius 3 is 3.12 bits per heavy atom. The third kappa shape index (κ3) is 2.25. The van der Waals surface area contributed by atoms with Gasteiger partial charge in [0.25, 0.3) is 0 Å². The van der Waals surface area contributed by atoms with Crippen molar-refractivity contribution in [2.45, 2.75) is 13.5 Å². The van der Waals surface area contributed by atoms with E-state index in [4.69, 9.17) is 9.15 Å². The molecule has 0 aliphatic rings. The molecule has 0 spiro atoms. The largest absolute Gasteiger partial charge is 0.496 e. The van der Waals surface area contributed by atoms with E-state index in [1.54, 1.807) is 18.4 Å². The van der Waals surface area contributed by atoms with Gasteiger partial charge in [-0.15, -0.1) is 11.3 Å². The summed E-state index contributed by atoms with van der Waals surface area (Å²) < 4.78 is 10.6. The number of nitrogens with one attached hydrogen (secondary N) is 1. The van der Waals surface area contributed by atoms with Crippen LogP contribution in [0.25, 0.3) is 10.6 Å². The van der Waals surface area contributed by atoms with Gasteiger partial charge >= 0.3 is 0 Å². The van der Waals surface area contributed by atoms with Crippen LogP contribution in [0.4, 0.5) is 0 Å². The van der Waals surface area contributed by atoms with E-state index in [1.165, 1.54) is 6.39 Å². The van der Waals surface area contributed by atoms with Gasteiger partial charge in [0.05, 0.1) is 12.0 Å². The highest BCUT2D eigenvalue weighted by atomic mass is 32.1. The Hall–Kier alpha value is -1.33. The fraction of sp³-hybridized carbons (Fsp3) is 0.364. The summed E-state index contributed by atoms with van der Waals surface area (Å²) in [5.74, 6) is 1.68. The van der Waals surface area contributed by atoms with E-state index < -0.39 is 0 Å². The maximum absolute atomic E-state index is 5.41. The number of ether oxygens (including phenoxy) is 1. The second-order valence-corrected chi connectivity index (χ2v) is 4.17. The number of rotatable bonds is 5. The van der Waals surface area contributed by atoms with Crippen molar-refractivity contribution in [3.8, 4) is 16.4 Å². The Morgan fingerprint density at radius 2 is 2.44 bits per heavy atom. The molecular formula is C11H14N2O2S. The highest BCUT2D eigenvalue weighted by Gasteiger charge is 2.12. The Balaban J connectivity index is 2.22. The molecule has 86 valence electrons. The molecule has 0 saturated carbocycles. The van der Waals surface area contributed by atoms with Gasteiger partial charge in [-0.05, 0) is 6.54 Å². The number of thiophene rings is 1. The van der Waals surface area contributed by atoms with Gasteiger partial charge < -0.3 is 14.5 Å². The predicted octanol–water partition coefficient (Wildman–Crippen LogP) is 2.52. The van der Waals surface area contributed by atoms with Crippen molar-refractivity contribution in [2.75, 3.05) is 13.7 Å². The molecule has 0 aliphatic carbocycles. The average molecular weight is 238 g/mol. The smallest absolute Gasteiger partial charge is 0.181 e. The maximum Gasteiger partial charge on any atom is 0.181 e. The number of aromatic nitrogens is 1. The summed E-state index contributed by atoms with van der Waals surface area (Å²) in [7, 11) is 1.66. The van der Waals surface area contributed by atoms with Crippen LogP contribution < -0.4 is 10.1 Å². The van der Waals surface area contributed by atoms with Gasteiger partial charge in [-0.1, -0.05) is 6.92 Å². The number of nitrogens with zero attached hydrogens (tertiary/aromatic N) is 1. The van der Waals surface area contributed by atoms with Gasteiger partial charge in [-0.2, -0.15) is 0 Å². The highest BCUT2D eigenvalue weighted by molar-refractivity contribution is 7.13. The van der Waals surface area contributed by atoms with E-state index >= 15 is 0 Å². The Kier molecular flexibility index (Phi) is 3.58. The minimum Gasteiger partial charge on any atom is -0.496 e. The van der Waals surface area contributed by atoms with Crippen LogP contribution in [0.2, 0.25) is 0 Å². The monoisotopic (exact) mass is 238 g/mol. The van der Waals surface area contributed by atoms with Gasteiger partial charge in [0.15, 0.2) is 12.2 Å². The van der Waals surface area contributed by atoms with Gasteiger partial charge in [-0.3, -0.25) is 0 Å². The zero-order valence-corrected chi connectivity index (χ0v) is 10.1. The summed E-state index contributed by atoms with van der Waals surface area (Å²) >= 11 is 1.59. The third-order valence-electron chi connectivity index (χ3n) is 2.22. The van der Waals surface area contributed by atoms with E-state index in [9.17, 15) is 0 Å². The normalized spacial score (nSPS) is 10.6.